The molecule has 9 heteroatoms. The van der Waals surface area contributed by atoms with Crippen molar-refractivity contribution in [2.45, 2.75) is 78.0 Å². The van der Waals surface area contributed by atoms with Gasteiger partial charge in [0.05, 0.1) is 6.54 Å². The molecule has 1 aliphatic heterocycles. The van der Waals surface area contributed by atoms with Crippen molar-refractivity contribution in [1.29, 1.82) is 0 Å². The third-order valence-corrected chi connectivity index (χ3v) is 6.28. The Balaban J connectivity index is 1.41. The van der Waals surface area contributed by atoms with Crippen molar-refractivity contribution in [1.82, 2.24) is 10.1 Å². The standard InChI is InChI=1S/C28H33N3O6/c1-3-5-6-7-8-9-10-24-29-26(37-30-24)20-13-11-19(12-14-20)18-31(27(32)28(33)34)21-15-16-22-23(17-21)36-25(4-2)35-22/h11-17,25H,3-10,18H2,1-2H3,(H,33,34). The summed E-state index contributed by atoms with van der Waals surface area (Å²) in [5, 5.41) is 13.5. The largest absolute Gasteiger partial charge is 0.474 e. The van der Waals surface area contributed by atoms with Gasteiger partial charge in [-0.25, -0.2) is 4.79 Å². The number of aromatic nitrogens is 2. The first-order chi connectivity index (χ1) is 18.0. The number of rotatable bonds is 12. The quantitative estimate of drug-likeness (QED) is 0.243. The maximum atomic E-state index is 12.5. The summed E-state index contributed by atoms with van der Waals surface area (Å²) < 4.78 is 16.8. The zero-order valence-corrected chi connectivity index (χ0v) is 21.3. The van der Waals surface area contributed by atoms with Crippen LogP contribution < -0.4 is 14.4 Å². The van der Waals surface area contributed by atoms with E-state index < -0.39 is 18.2 Å². The SMILES string of the molecule is CCCCCCCCc1noc(-c2ccc(CN(C(=O)C(=O)O)c3ccc4c(c3)OC(CC)O4)cc2)n1. The number of hydrogen-bond acceptors (Lipinski definition) is 7. The van der Waals surface area contributed by atoms with Crippen molar-refractivity contribution in [2.24, 2.45) is 0 Å². The van der Waals surface area contributed by atoms with Crippen LogP contribution in [0.3, 0.4) is 0 Å². The van der Waals surface area contributed by atoms with Gasteiger partial charge >= 0.3 is 11.9 Å². The van der Waals surface area contributed by atoms with Gasteiger partial charge in [-0.15, -0.1) is 0 Å². The van der Waals surface area contributed by atoms with E-state index in [0.29, 0.717) is 35.3 Å². The van der Waals surface area contributed by atoms with Gasteiger partial charge < -0.3 is 19.1 Å². The summed E-state index contributed by atoms with van der Waals surface area (Å²) in [5.74, 6) is -0.391. The maximum absolute atomic E-state index is 12.5. The topological polar surface area (TPSA) is 115 Å². The number of aliphatic carboxylic acids is 1. The number of amides is 1. The first kappa shape index (κ1) is 26.2. The van der Waals surface area contributed by atoms with Crippen LogP contribution in [0.5, 0.6) is 11.5 Å². The number of unbranched alkanes of at least 4 members (excludes halogenated alkanes) is 5. The average molecular weight is 508 g/mol. The molecule has 4 rings (SSSR count). The molecule has 1 unspecified atom stereocenters. The van der Waals surface area contributed by atoms with Gasteiger partial charge in [0.1, 0.15) is 0 Å². The van der Waals surface area contributed by atoms with Crippen LogP contribution in [-0.2, 0) is 22.6 Å². The van der Waals surface area contributed by atoms with Crippen LogP contribution in [0.4, 0.5) is 5.69 Å². The second kappa shape index (κ2) is 12.4. The van der Waals surface area contributed by atoms with E-state index in [2.05, 4.69) is 17.1 Å². The number of carboxylic acid groups (broad SMARTS) is 1. The lowest BCUT2D eigenvalue weighted by molar-refractivity contribution is -0.148. The van der Waals surface area contributed by atoms with Gasteiger partial charge in [-0.2, -0.15) is 4.98 Å². The monoisotopic (exact) mass is 507 g/mol. The van der Waals surface area contributed by atoms with Crippen LogP contribution in [0, 0.1) is 0 Å². The normalized spacial score (nSPS) is 14.1. The number of anilines is 1. The highest BCUT2D eigenvalue weighted by Crippen LogP contribution is 2.39. The number of ether oxygens (including phenoxy) is 2. The molecule has 37 heavy (non-hydrogen) atoms. The summed E-state index contributed by atoms with van der Waals surface area (Å²) >= 11 is 0. The summed E-state index contributed by atoms with van der Waals surface area (Å²) in [4.78, 5) is 29.8. The number of benzene rings is 2. The Morgan fingerprint density at radius 3 is 2.41 bits per heavy atom. The molecule has 2 heterocycles. The van der Waals surface area contributed by atoms with Gasteiger partial charge in [0.25, 0.3) is 5.89 Å². The highest BCUT2D eigenvalue weighted by molar-refractivity contribution is 6.37. The molecule has 1 aromatic heterocycles. The van der Waals surface area contributed by atoms with Crippen LogP contribution in [0.15, 0.2) is 47.0 Å². The Morgan fingerprint density at radius 1 is 0.946 bits per heavy atom. The molecule has 0 aliphatic carbocycles. The van der Waals surface area contributed by atoms with Crippen molar-refractivity contribution in [3.8, 4) is 23.0 Å². The van der Waals surface area contributed by atoms with E-state index >= 15 is 0 Å². The Kier molecular flexibility index (Phi) is 8.77. The summed E-state index contributed by atoms with van der Waals surface area (Å²) in [7, 11) is 0. The predicted octanol–water partition coefficient (Wildman–Crippen LogP) is 5.76. The Hall–Kier alpha value is -3.88. The molecule has 0 saturated heterocycles. The Labute approximate surface area is 216 Å². The van der Waals surface area contributed by atoms with Gasteiger partial charge in [0.15, 0.2) is 17.3 Å². The third kappa shape index (κ3) is 6.67. The van der Waals surface area contributed by atoms with Crippen LogP contribution in [0.2, 0.25) is 0 Å². The summed E-state index contributed by atoms with van der Waals surface area (Å²) in [6.07, 6.45) is 8.26. The van der Waals surface area contributed by atoms with Crippen molar-refractivity contribution in [3.05, 3.63) is 53.9 Å². The molecule has 0 bridgehead atoms. The van der Waals surface area contributed by atoms with E-state index in [0.717, 1.165) is 30.4 Å². The van der Waals surface area contributed by atoms with Crippen molar-refractivity contribution in [2.75, 3.05) is 4.90 Å². The highest BCUT2D eigenvalue weighted by atomic mass is 16.7. The van der Waals surface area contributed by atoms with E-state index in [-0.39, 0.29) is 6.54 Å². The molecule has 0 radical (unpaired) electrons. The predicted molar refractivity (Wildman–Crippen MR) is 137 cm³/mol. The molecular formula is C28H33N3O6. The number of hydrogen-bond donors (Lipinski definition) is 1. The summed E-state index contributed by atoms with van der Waals surface area (Å²) in [5.41, 5.74) is 1.91. The minimum Gasteiger partial charge on any atom is -0.474 e. The first-order valence-electron chi connectivity index (χ1n) is 12.9. The number of carbonyl (C=O) groups is 2. The lowest BCUT2D eigenvalue weighted by atomic mass is 10.1. The summed E-state index contributed by atoms with van der Waals surface area (Å²) in [6.45, 7) is 4.21. The van der Waals surface area contributed by atoms with E-state index in [1.165, 1.54) is 30.6 Å². The molecule has 196 valence electrons. The molecule has 1 amide bonds. The van der Waals surface area contributed by atoms with Crippen molar-refractivity contribution < 1.29 is 28.7 Å². The van der Waals surface area contributed by atoms with E-state index in [4.69, 9.17) is 14.0 Å². The fraction of sp³-hybridized carbons (Fsp3) is 0.429. The molecule has 1 atom stereocenters. The van der Waals surface area contributed by atoms with Crippen LogP contribution >= 0.6 is 0 Å². The minimum atomic E-state index is -1.54. The molecule has 2 aromatic carbocycles. The van der Waals surface area contributed by atoms with E-state index in [1.807, 2.05) is 31.2 Å². The zero-order chi connectivity index (χ0) is 26.2. The molecule has 0 spiro atoms. The minimum absolute atomic E-state index is 0.0649. The average Bonchev–Trinajstić information content (AvgIpc) is 3.55. The molecule has 0 saturated carbocycles. The molecule has 1 aliphatic rings. The lowest BCUT2D eigenvalue weighted by Crippen LogP contribution is -2.36. The third-order valence-electron chi connectivity index (χ3n) is 6.28. The van der Waals surface area contributed by atoms with Gasteiger partial charge in [0, 0.05) is 30.2 Å². The Morgan fingerprint density at radius 2 is 1.68 bits per heavy atom. The summed E-state index contributed by atoms with van der Waals surface area (Å²) in [6, 6.07) is 12.2. The number of nitrogens with zero attached hydrogens (tertiary/aromatic N) is 3. The fourth-order valence-corrected chi connectivity index (χ4v) is 4.20. The van der Waals surface area contributed by atoms with Crippen LogP contribution in [0.1, 0.15) is 70.2 Å². The van der Waals surface area contributed by atoms with Gasteiger partial charge in [-0.1, -0.05) is 63.2 Å². The molecular weight excluding hydrogens is 474 g/mol. The smallest absolute Gasteiger partial charge is 0.394 e. The van der Waals surface area contributed by atoms with Gasteiger partial charge in [-0.3, -0.25) is 9.69 Å². The van der Waals surface area contributed by atoms with Gasteiger partial charge in [-0.05, 0) is 36.2 Å². The zero-order valence-electron chi connectivity index (χ0n) is 21.3. The number of fused-ring (bicyclic) bond motifs is 1. The van der Waals surface area contributed by atoms with Gasteiger partial charge in [0.2, 0.25) is 6.29 Å². The first-order valence-corrected chi connectivity index (χ1v) is 12.9. The second-order valence-electron chi connectivity index (χ2n) is 9.13. The van der Waals surface area contributed by atoms with Crippen molar-refractivity contribution >= 4 is 17.6 Å². The lowest BCUT2D eigenvalue weighted by Gasteiger charge is -2.21. The molecule has 3 aromatic rings. The molecule has 0 fully saturated rings. The number of carbonyl (C=O) groups excluding carboxylic acids is 1. The van der Waals surface area contributed by atoms with Crippen molar-refractivity contribution in [3.63, 3.8) is 0 Å². The number of carboxylic acids is 1. The van der Waals surface area contributed by atoms with E-state index in [1.54, 1.807) is 18.2 Å². The van der Waals surface area contributed by atoms with E-state index in [9.17, 15) is 14.7 Å². The number of aryl methyl sites for hydroxylation is 1. The fourth-order valence-electron chi connectivity index (χ4n) is 4.20. The molecule has 1 N–H and O–H groups in total. The van der Waals surface area contributed by atoms with Crippen LogP contribution in [0.25, 0.3) is 11.5 Å². The second-order valence-corrected chi connectivity index (χ2v) is 9.13. The Bertz CT molecular complexity index is 1210. The highest BCUT2D eigenvalue weighted by Gasteiger charge is 2.27. The van der Waals surface area contributed by atoms with Crippen LogP contribution in [-0.4, -0.2) is 33.4 Å². The molecule has 9 nitrogen and oxygen atoms in total. The maximum Gasteiger partial charge on any atom is 0.394 e.